The molecule has 1 unspecified atom stereocenters. The Bertz CT molecular complexity index is 588. The maximum Gasteiger partial charge on any atom is 0.133 e. The molecule has 0 fully saturated rings. The van der Waals surface area contributed by atoms with Gasteiger partial charge in [-0.3, -0.25) is 0 Å². The summed E-state index contributed by atoms with van der Waals surface area (Å²) in [6.07, 6.45) is 0. The number of ether oxygens (including phenoxy) is 1. The quantitative estimate of drug-likeness (QED) is 0.870. The number of benzene rings is 2. The lowest BCUT2D eigenvalue weighted by molar-refractivity contribution is 0.412. The molecule has 2 nitrogen and oxygen atoms in total. The lowest BCUT2D eigenvalue weighted by Crippen LogP contribution is -2.19. The van der Waals surface area contributed by atoms with Crippen LogP contribution in [0.3, 0.4) is 0 Å². The van der Waals surface area contributed by atoms with Crippen molar-refractivity contribution in [1.82, 2.24) is 5.32 Å². The Morgan fingerprint density at radius 3 is 2.65 bits per heavy atom. The summed E-state index contributed by atoms with van der Waals surface area (Å²) in [7, 11) is 1.64. The second-order valence-electron chi connectivity index (χ2n) is 4.59. The van der Waals surface area contributed by atoms with E-state index in [2.05, 4.69) is 21.2 Å². The lowest BCUT2D eigenvalue weighted by atomic mass is 10.1. The SMILES string of the molecule is COc1ccc(CNC(C)c2ccccc2F)cc1Br. The van der Waals surface area contributed by atoms with Crippen molar-refractivity contribution in [3.63, 3.8) is 0 Å². The summed E-state index contributed by atoms with van der Waals surface area (Å²) in [4.78, 5) is 0. The Balaban J connectivity index is 2.02. The third-order valence-electron chi connectivity index (χ3n) is 3.20. The van der Waals surface area contributed by atoms with Gasteiger partial charge in [0.1, 0.15) is 11.6 Å². The van der Waals surface area contributed by atoms with Crippen LogP contribution in [0, 0.1) is 5.82 Å². The topological polar surface area (TPSA) is 21.3 Å². The monoisotopic (exact) mass is 337 g/mol. The summed E-state index contributed by atoms with van der Waals surface area (Å²) in [6, 6.07) is 12.7. The van der Waals surface area contributed by atoms with Gasteiger partial charge in [-0.2, -0.15) is 0 Å². The minimum atomic E-state index is -0.177. The first-order chi connectivity index (χ1) is 9.61. The molecule has 1 N–H and O–H groups in total. The Morgan fingerprint density at radius 1 is 1.25 bits per heavy atom. The maximum atomic E-state index is 13.7. The first kappa shape index (κ1) is 15.0. The van der Waals surface area contributed by atoms with Gasteiger partial charge in [-0.15, -0.1) is 0 Å². The van der Waals surface area contributed by atoms with Gasteiger partial charge in [0.15, 0.2) is 0 Å². The number of rotatable bonds is 5. The summed E-state index contributed by atoms with van der Waals surface area (Å²) in [5.74, 6) is 0.624. The molecular formula is C16H17BrFNO. The molecule has 2 aromatic rings. The number of hydrogen-bond donors (Lipinski definition) is 1. The second-order valence-corrected chi connectivity index (χ2v) is 5.45. The molecule has 1 atom stereocenters. The van der Waals surface area contributed by atoms with Gasteiger partial charge in [-0.05, 0) is 46.6 Å². The van der Waals surface area contributed by atoms with Crippen LogP contribution < -0.4 is 10.1 Å². The van der Waals surface area contributed by atoms with Gasteiger partial charge in [0.2, 0.25) is 0 Å². The fraction of sp³-hybridized carbons (Fsp3) is 0.250. The summed E-state index contributed by atoms with van der Waals surface area (Å²) in [5, 5.41) is 3.32. The Morgan fingerprint density at radius 2 is 2.00 bits per heavy atom. The molecule has 0 aromatic heterocycles. The fourth-order valence-corrected chi connectivity index (χ4v) is 2.62. The van der Waals surface area contributed by atoms with Gasteiger partial charge in [-0.25, -0.2) is 4.39 Å². The van der Waals surface area contributed by atoms with E-state index in [4.69, 9.17) is 4.74 Å². The maximum absolute atomic E-state index is 13.7. The van der Waals surface area contributed by atoms with Gasteiger partial charge in [0.05, 0.1) is 11.6 Å². The molecule has 0 saturated heterocycles. The standard InChI is InChI=1S/C16H17BrFNO/c1-11(13-5-3-4-6-15(13)18)19-10-12-7-8-16(20-2)14(17)9-12/h3-9,11,19H,10H2,1-2H3. The molecule has 0 radical (unpaired) electrons. The molecule has 4 heteroatoms. The zero-order valence-electron chi connectivity index (χ0n) is 11.5. The number of nitrogens with one attached hydrogen (secondary N) is 1. The largest absolute Gasteiger partial charge is 0.496 e. The number of halogens is 2. The van der Waals surface area contributed by atoms with E-state index in [0.717, 1.165) is 15.8 Å². The third-order valence-corrected chi connectivity index (χ3v) is 3.82. The van der Waals surface area contributed by atoms with E-state index in [0.29, 0.717) is 12.1 Å². The van der Waals surface area contributed by atoms with Crippen molar-refractivity contribution in [2.24, 2.45) is 0 Å². The zero-order valence-corrected chi connectivity index (χ0v) is 13.1. The van der Waals surface area contributed by atoms with Crippen LogP contribution in [-0.4, -0.2) is 7.11 Å². The van der Waals surface area contributed by atoms with E-state index >= 15 is 0 Å². The second kappa shape index (κ2) is 6.86. The van der Waals surface area contributed by atoms with Crippen LogP contribution >= 0.6 is 15.9 Å². The molecule has 2 aromatic carbocycles. The van der Waals surface area contributed by atoms with Gasteiger partial charge in [0.25, 0.3) is 0 Å². The van der Waals surface area contributed by atoms with Crippen molar-refractivity contribution in [3.05, 3.63) is 63.9 Å². The predicted octanol–water partition coefficient (Wildman–Crippen LogP) is 4.45. The van der Waals surface area contributed by atoms with Crippen LogP contribution in [0.1, 0.15) is 24.1 Å². The first-order valence-electron chi connectivity index (χ1n) is 6.42. The summed E-state index contributed by atoms with van der Waals surface area (Å²) < 4.78 is 19.8. The van der Waals surface area contributed by atoms with Crippen LogP contribution in [0.25, 0.3) is 0 Å². The van der Waals surface area contributed by atoms with Crippen LogP contribution in [0.2, 0.25) is 0 Å². The van der Waals surface area contributed by atoms with E-state index in [1.165, 1.54) is 6.07 Å². The average Bonchev–Trinajstić information content (AvgIpc) is 2.45. The fourth-order valence-electron chi connectivity index (χ4n) is 2.03. The highest BCUT2D eigenvalue weighted by Gasteiger charge is 2.10. The molecule has 0 heterocycles. The van der Waals surface area contributed by atoms with Crippen molar-refractivity contribution in [2.75, 3.05) is 7.11 Å². The number of methoxy groups -OCH3 is 1. The summed E-state index contributed by atoms with van der Waals surface area (Å²) >= 11 is 3.46. The minimum Gasteiger partial charge on any atom is -0.496 e. The highest BCUT2D eigenvalue weighted by atomic mass is 79.9. The van der Waals surface area contributed by atoms with Crippen molar-refractivity contribution < 1.29 is 9.13 Å². The molecule has 106 valence electrons. The van der Waals surface area contributed by atoms with E-state index in [9.17, 15) is 4.39 Å². The van der Waals surface area contributed by atoms with E-state index in [-0.39, 0.29) is 11.9 Å². The average molecular weight is 338 g/mol. The van der Waals surface area contributed by atoms with E-state index < -0.39 is 0 Å². The summed E-state index contributed by atoms with van der Waals surface area (Å²) in [5.41, 5.74) is 1.79. The third kappa shape index (κ3) is 3.58. The van der Waals surface area contributed by atoms with Crippen molar-refractivity contribution in [3.8, 4) is 5.75 Å². The lowest BCUT2D eigenvalue weighted by Gasteiger charge is -2.15. The molecule has 0 aliphatic heterocycles. The minimum absolute atomic E-state index is 0.0444. The van der Waals surface area contributed by atoms with Crippen LogP contribution in [0.4, 0.5) is 4.39 Å². The smallest absolute Gasteiger partial charge is 0.133 e. The Labute approximate surface area is 127 Å². The molecular weight excluding hydrogens is 321 g/mol. The van der Waals surface area contributed by atoms with Crippen LogP contribution in [-0.2, 0) is 6.54 Å². The molecule has 0 amide bonds. The van der Waals surface area contributed by atoms with Crippen molar-refractivity contribution in [2.45, 2.75) is 19.5 Å². The molecule has 0 saturated carbocycles. The van der Waals surface area contributed by atoms with Crippen molar-refractivity contribution in [1.29, 1.82) is 0 Å². The molecule has 0 bridgehead atoms. The molecule has 2 rings (SSSR count). The van der Waals surface area contributed by atoms with E-state index in [1.807, 2.05) is 31.2 Å². The highest BCUT2D eigenvalue weighted by Crippen LogP contribution is 2.26. The van der Waals surface area contributed by atoms with Crippen LogP contribution in [0.5, 0.6) is 5.75 Å². The predicted molar refractivity (Wildman–Crippen MR) is 82.3 cm³/mol. The number of hydrogen-bond acceptors (Lipinski definition) is 2. The first-order valence-corrected chi connectivity index (χ1v) is 7.21. The van der Waals surface area contributed by atoms with Crippen LogP contribution in [0.15, 0.2) is 46.9 Å². The van der Waals surface area contributed by atoms with Crippen molar-refractivity contribution >= 4 is 15.9 Å². The van der Waals surface area contributed by atoms with E-state index in [1.54, 1.807) is 19.2 Å². The normalized spacial score (nSPS) is 12.2. The Hall–Kier alpha value is -1.39. The zero-order chi connectivity index (χ0) is 14.5. The molecule has 0 aliphatic rings. The molecule has 0 spiro atoms. The van der Waals surface area contributed by atoms with Gasteiger partial charge < -0.3 is 10.1 Å². The van der Waals surface area contributed by atoms with Gasteiger partial charge in [-0.1, -0.05) is 24.3 Å². The van der Waals surface area contributed by atoms with Gasteiger partial charge >= 0.3 is 0 Å². The molecule has 0 aliphatic carbocycles. The molecule has 20 heavy (non-hydrogen) atoms. The summed E-state index contributed by atoms with van der Waals surface area (Å²) in [6.45, 7) is 2.62. The highest BCUT2D eigenvalue weighted by molar-refractivity contribution is 9.10. The van der Waals surface area contributed by atoms with Gasteiger partial charge in [0, 0.05) is 18.2 Å². The Kier molecular flexibility index (Phi) is 5.15.